The van der Waals surface area contributed by atoms with Gasteiger partial charge in [0.1, 0.15) is 44.7 Å². The van der Waals surface area contributed by atoms with Crippen LogP contribution < -0.4 is 0 Å². The van der Waals surface area contributed by atoms with Crippen LogP contribution in [-0.4, -0.2) is 39.0 Å². The molecule has 0 aliphatic heterocycles. The lowest BCUT2D eigenvalue weighted by molar-refractivity contribution is 0.655. The monoisotopic (exact) mass is 1640 g/mol. The smallest absolute Gasteiger partial charge is 0.238 e. The molecule has 26 aromatic rings. The van der Waals surface area contributed by atoms with Crippen molar-refractivity contribution in [3.63, 3.8) is 0 Å². The lowest BCUT2D eigenvalue weighted by Crippen LogP contribution is -2.06. The van der Waals surface area contributed by atoms with Crippen LogP contribution in [0.15, 0.2) is 357 Å². The molecule has 0 radical (unpaired) electrons. The number of benzene rings is 16. The van der Waals surface area contributed by atoms with Gasteiger partial charge in [-0.1, -0.05) is 271 Å². The molecule has 0 saturated heterocycles. The topological polar surface area (TPSA) is 140 Å². The van der Waals surface area contributed by atoms with E-state index in [2.05, 4.69) is 201 Å². The van der Waals surface area contributed by atoms with Crippen molar-refractivity contribution in [3.8, 4) is 57.4 Å². The Morgan fingerprint density at radius 3 is 0.960 bits per heavy atom. The lowest BCUT2D eigenvalue weighted by atomic mass is 10.1. The molecule has 0 atom stereocenters. The summed E-state index contributed by atoms with van der Waals surface area (Å²) >= 11 is 3.65. The maximum absolute atomic E-state index is 5.98. The third kappa shape index (κ3) is 13.6. The van der Waals surface area contributed by atoms with Gasteiger partial charge >= 0.3 is 0 Å². The molecule has 0 spiro atoms. The molecule has 12 nitrogen and oxygen atoms in total. The summed E-state index contributed by atoms with van der Waals surface area (Å²) in [5.74, 6) is 3.87. The Labute approximate surface area is 722 Å². The number of aromatic nitrogens is 8. The Morgan fingerprint density at radius 2 is 0.492 bits per heavy atom. The molecule has 0 amide bonds. The van der Waals surface area contributed by atoms with Crippen LogP contribution in [-0.2, 0) is 0 Å². The van der Waals surface area contributed by atoms with Crippen LogP contribution in [0.1, 0.15) is 52.0 Å². The van der Waals surface area contributed by atoms with Gasteiger partial charge in [0.2, 0.25) is 11.9 Å². The molecular formula is C110H84N8O4S2. The summed E-state index contributed by atoms with van der Waals surface area (Å²) in [4.78, 5) is 30.1. The van der Waals surface area contributed by atoms with Crippen LogP contribution in [0.25, 0.3) is 229 Å². The average Bonchev–Trinajstić information content (AvgIpc) is 1.57. The first-order valence-corrected chi connectivity index (χ1v) is 41.6. The Bertz CT molecular complexity index is 8470. The minimum Gasteiger partial charge on any atom is -0.456 e. The van der Waals surface area contributed by atoms with Gasteiger partial charge in [0.25, 0.3) is 0 Å². The van der Waals surface area contributed by atoms with Crippen LogP contribution in [0, 0.1) is 27.7 Å². The molecule has 0 unspecified atom stereocenters. The zero-order valence-corrected chi connectivity index (χ0v) is 67.0. The molecule has 0 fully saturated rings. The van der Waals surface area contributed by atoms with Gasteiger partial charge in [-0.05, 0) is 136 Å². The number of nitrogens with zero attached hydrogens (tertiary/aromatic N) is 8. The summed E-state index contributed by atoms with van der Waals surface area (Å²) in [6, 6.07) is 118. The third-order valence-corrected chi connectivity index (χ3v) is 25.1. The third-order valence-electron chi connectivity index (χ3n) is 22.9. The predicted molar refractivity (Wildman–Crippen MR) is 524 cm³/mol. The highest BCUT2D eigenvalue weighted by molar-refractivity contribution is 7.26. The van der Waals surface area contributed by atoms with Gasteiger partial charge in [-0.3, -0.25) is 9.13 Å². The van der Waals surface area contributed by atoms with Crippen molar-refractivity contribution in [2.75, 3.05) is 0 Å². The molecule has 0 aliphatic rings. The highest BCUT2D eigenvalue weighted by atomic mass is 32.1. The number of furan rings is 4. The van der Waals surface area contributed by atoms with Crippen LogP contribution >= 0.6 is 22.7 Å². The second-order valence-corrected chi connectivity index (χ2v) is 32.9. The van der Waals surface area contributed by atoms with Gasteiger partial charge in [0, 0.05) is 139 Å². The summed E-state index contributed by atoms with van der Waals surface area (Å²) in [5, 5.41) is 19.1. The molecule has 14 heteroatoms. The Hall–Kier alpha value is -15.2. The average molecular weight is 1650 g/mol. The molecule has 124 heavy (non-hydrogen) atoms. The zero-order valence-electron chi connectivity index (χ0n) is 65.4. The van der Waals surface area contributed by atoms with Crippen molar-refractivity contribution >= 4 is 194 Å². The molecule has 600 valence electrons. The summed E-state index contributed by atoms with van der Waals surface area (Å²) in [5.41, 5.74) is 20.3. The normalized spacial score (nSPS) is 11.5. The minimum absolute atomic E-state index is 0. The van der Waals surface area contributed by atoms with Crippen LogP contribution in [0.3, 0.4) is 0 Å². The first-order chi connectivity index (χ1) is 59.0. The van der Waals surface area contributed by atoms with Gasteiger partial charge < -0.3 is 17.7 Å². The number of hydrogen-bond acceptors (Lipinski definition) is 12. The molecule has 16 aromatic carbocycles. The van der Waals surface area contributed by atoms with Crippen molar-refractivity contribution in [1.29, 1.82) is 0 Å². The number of para-hydroxylation sites is 2. The summed E-state index contributed by atoms with van der Waals surface area (Å²) in [6.07, 6.45) is 0. The largest absolute Gasteiger partial charge is 0.456 e. The second-order valence-electron chi connectivity index (χ2n) is 30.8. The Balaban J connectivity index is 0.000000111. The van der Waals surface area contributed by atoms with E-state index < -0.39 is 0 Å². The van der Waals surface area contributed by atoms with E-state index in [1.807, 2.05) is 199 Å². The van der Waals surface area contributed by atoms with Crippen LogP contribution in [0.4, 0.5) is 0 Å². The first-order valence-electron chi connectivity index (χ1n) is 40.0. The molecule has 10 aromatic heterocycles. The fourth-order valence-electron chi connectivity index (χ4n) is 17.1. The van der Waals surface area contributed by atoms with E-state index in [-0.39, 0.29) is 29.7 Å². The minimum atomic E-state index is 0. The number of fused-ring (bicyclic) bond motifs is 24. The maximum Gasteiger partial charge on any atom is 0.238 e. The molecule has 0 aliphatic carbocycles. The molecular weight excluding hydrogens is 1560 g/mol. The van der Waals surface area contributed by atoms with Crippen LogP contribution in [0.5, 0.6) is 0 Å². The van der Waals surface area contributed by atoms with E-state index in [1.165, 1.54) is 84.1 Å². The van der Waals surface area contributed by atoms with E-state index in [0.29, 0.717) is 35.2 Å². The van der Waals surface area contributed by atoms with Crippen LogP contribution in [0.2, 0.25) is 0 Å². The number of thiophene rings is 2. The summed E-state index contributed by atoms with van der Waals surface area (Å²) < 4.78 is 33.3. The van der Waals surface area contributed by atoms with E-state index in [1.54, 1.807) is 0 Å². The van der Waals surface area contributed by atoms with E-state index in [9.17, 15) is 0 Å². The Kier molecular flexibility index (Phi) is 20.1. The van der Waals surface area contributed by atoms with Crippen molar-refractivity contribution in [2.24, 2.45) is 0 Å². The summed E-state index contributed by atoms with van der Waals surface area (Å²) in [7, 11) is 0. The van der Waals surface area contributed by atoms with Gasteiger partial charge in [0.15, 0.2) is 23.3 Å². The standard InChI is InChI=1S/2C34H22N4S.2C19H12O2.4CH4/c1-21-16-17-24-26-19-27-25-14-8-9-15-30(25)39-31(27)20-29(26)38(28(24)18-21)34-36-32(22-10-4-2-5-11-22)35-33(37-34)23-12-6-3-7-13-23;1-21-16-17-28-25(18-21)26-19-27-24-14-8-9-15-30(24)39-31(27)20-29(26)38(28)34-36-32(22-10-4-2-5-11-22)35-33(37-34)23-12-6-3-7-13-23;1-11-6-7-17-13(8-11)15-9-14-12-4-2-3-5-16(12)20-18(14)10-19(15)21-17;1-11-6-7-13-15-9-14-12-4-2-3-5-16(12)20-18(14)10-19(15)21-17(13)8-11;;;;/h2*2-20H,1H3;2*2-10H,1H3;4*1H4. The first kappa shape index (κ1) is 78.6. The molecule has 10 heterocycles. The highest BCUT2D eigenvalue weighted by Gasteiger charge is 2.24. The van der Waals surface area contributed by atoms with E-state index in [0.717, 1.165) is 132 Å². The number of aryl methyl sites for hydroxylation is 4. The number of hydrogen-bond donors (Lipinski definition) is 0. The highest BCUT2D eigenvalue weighted by Crippen LogP contribution is 2.45. The van der Waals surface area contributed by atoms with Gasteiger partial charge in [-0.25, -0.2) is 9.97 Å². The fourth-order valence-corrected chi connectivity index (χ4v) is 19.4. The quantitative estimate of drug-likeness (QED) is 0.158. The van der Waals surface area contributed by atoms with Crippen molar-refractivity contribution in [2.45, 2.75) is 57.4 Å². The Morgan fingerprint density at radius 1 is 0.194 bits per heavy atom. The SMILES string of the molecule is C.C.C.C.Cc1ccc2c(c1)c1cc3c(cc1n2-c1nc(-c2ccccc2)nc(-c2ccccc2)n1)sc1ccccc13.Cc1ccc2c(c1)oc1cc3oc4ccccc4c3cc12.Cc1ccc2c3cc4c(cc3n(-c3nc(-c5ccccc5)nc(-c5ccccc5)n3)c2c1)sc1ccccc14.Cc1ccc2oc3cc4oc5ccccc5c4cc3c2c1. The van der Waals surface area contributed by atoms with Crippen molar-refractivity contribution in [1.82, 2.24) is 39.0 Å². The fraction of sp³-hybridized carbons (Fsp3) is 0.0727. The summed E-state index contributed by atoms with van der Waals surface area (Å²) in [6.45, 7) is 8.45. The van der Waals surface area contributed by atoms with Gasteiger partial charge in [0.05, 0.1) is 22.1 Å². The predicted octanol–water partition coefficient (Wildman–Crippen LogP) is 32.1. The van der Waals surface area contributed by atoms with Gasteiger partial charge in [-0.15, -0.1) is 22.7 Å². The second kappa shape index (κ2) is 31.7. The maximum atomic E-state index is 5.98. The van der Waals surface area contributed by atoms with E-state index >= 15 is 0 Å². The van der Waals surface area contributed by atoms with Crippen molar-refractivity contribution in [3.05, 3.63) is 362 Å². The molecule has 26 rings (SSSR count). The van der Waals surface area contributed by atoms with Crippen molar-refractivity contribution < 1.29 is 17.7 Å². The lowest BCUT2D eigenvalue weighted by Gasteiger charge is -2.11. The molecule has 0 N–H and O–H groups in total. The molecule has 0 bridgehead atoms. The number of rotatable bonds is 6. The molecule has 0 saturated carbocycles. The van der Waals surface area contributed by atoms with E-state index in [4.69, 9.17) is 47.6 Å². The zero-order chi connectivity index (χ0) is 79.8. The van der Waals surface area contributed by atoms with Gasteiger partial charge in [-0.2, -0.15) is 19.9 Å².